The van der Waals surface area contributed by atoms with E-state index >= 15 is 0 Å². The molecule has 1 aliphatic rings. The van der Waals surface area contributed by atoms with Crippen molar-refractivity contribution in [3.63, 3.8) is 0 Å². The van der Waals surface area contributed by atoms with Crippen LogP contribution in [0.1, 0.15) is 6.42 Å². The molecule has 0 unspecified atom stereocenters. The first-order valence-corrected chi connectivity index (χ1v) is 6.45. The van der Waals surface area contributed by atoms with E-state index in [-0.39, 0.29) is 10.9 Å². The van der Waals surface area contributed by atoms with Gasteiger partial charge in [-0.3, -0.25) is 0 Å². The van der Waals surface area contributed by atoms with E-state index in [4.69, 9.17) is 5.73 Å². The second-order valence-electron chi connectivity index (χ2n) is 3.87. The van der Waals surface area contributed by atoms with Gasteiger partial charge in [-0.25, -0.2) is 12.8 Å². The van der Waals surface area contributed by atoms with Gasteiger partial charge in [-0.2, -0.15) is 4.31 Å². The van der Waals surface area contributed by atoms with E-state index in [0.29, 0.717) is 19.5 Å². The molecule has 1 atom stereocenters. The predicted octanol–water partition coefficient (Wildman–Crippen LogP) is 0.547. The third kappa shape index (κ3) is 2.09. The van der Waals surface area contributed by atoms with Gasteiger partial charge in [0.15, 0.2) is 0 Å². The first-order chi connectivity index (χ1) is 7.50. The van der Waals surface area contributed by atoms with Gasteiger partial charge in [0, 0.05) is 19.1 Å². The fourth-order valence-electron chi connectivity index (χ4n) is 1.75. The van der Waals surface area contributed by atoms with Crippen LogP contribution in [0.3, 0.4) is 0 Å². The quantitative estimate of drug-likeness (QED) is 0.826. The van der Waals surface area contributed by atoms with Crippen molar-refractivity contribution in [2.75, 3.05) is 13.1 Å². The summed E-state index contributed by atoms with van der Waals surface area (Å²) < 4.78 is 38.3. The van der Waals surface area contributed by atoms with Gasteiger partial charge in [-0.05, 0) is 24.6 Å². The van der Waals surface area contributed by atoms with E-state index in [2.05, 4.69) is 0 Å². The largest absolute Gasteiger partial charge is 0.326 e. The first-order valence-electron chi connectivity index (χ1n) is 5.01. The van der Waals surface area contributed by atoms with Crippen LogP contribution in [0.5, 0.6) is 0 Å². The lowest BCUT2D eigenvalue weighted by Crippen LogP contribution is -2.32. The van der Waals surface area contributed by atoms with Gasteiger partial charge in [0.05, 0.1) is 4.90 Å². The van der Waals surface area contributed by atoms with Gasteiger partial charge < -0.3 is 5.73 Å². The topological polar surface area (TPSA) is 63.4 Å². The van der Waals surface area contributed by atoms with Crippen LogP contribution in [0.4, 0.5) is 4.39 Å². The number of sulfonamides is 1. The third-order valence-corrected chi connectivity index (χ3v) is 4.48. The van der Waals surface area contributed by atoms with E-state index < -0.39 is 15.8 Å². The number of rotatable bonds is 2. The Labute approximate surface area is 93.9 Å². The Morgan fingerprint density at radius 2 is 2.19 bits per heavy atom. The van der Waals surface area contributed by atoms with Crippen LogP contribution >= 0.6 is 0 Å². The van der Waals surface area contributed by atoms with Crippen molar-refractivity contribution in [3.05, 3.63) is 30.1 Å². The summed E-state index contributed by atoms with van der Waals surface area (Å²) >= 11 is 0. The highest BCUT2D eigenvalue weighted by Crippen LogP contribution is 2.20. The van der Waals surface area contributed by atoms with Crippen LogP contribution in [0, 0.1) is 5.82 Å². The molecule has 0 aromatic heterocycles. The van der Waals surface area contributed by atoms with Gasteiger partial charge in [-0.15, -0.1) is 0 Å². The molecule has 1 aromatic rings. The normalized spacial score (nSPS) is 22.5. The molecule has 1 fully saturated rings. The third-order valence-electron chi connectivity index (χ3n) is 2.62. The summed E-state index contributed by atoms with van der Waals surface area (Å²) in [5, 5.41) is 0. The molecule has 0 amide bonds. The molecule has 0 saturated carbocycles. The van der Waals surface area contributed by atoms with Crippen molar-refractivity contribution in [3.8, 4) is 0 Å². The zero-order valence-electron chi connectivity index (χ0n) is 8.64. The molecule has 1 aromatic carbocycles. The number of hydrogen-bond acceptors (Lipinski definition) is 3. The van der Waals surface area contributed by atoms with Crippen molar-refractivity contribution in [2.24, 2.45) is 5.73 Å². The smallest absolute Gasteiger partial charge is 0.243 e. The van der Waals surface area contributed by atoms with Crippen LogP contribution in [0.15, 0.2) is 29.2 Å². The number of nitrogens with zero attached hydrogens (tertiary/aromatic N) is 1. The van der Waals surface area contributed by atoms with Gasteiger partial charge >= 0.3 is 0 Å². The Morgan fingerprint density at radius 3 is 2.75 bits per heavy atom. The lowest BCUT2D eigenvalue weighted by atomic mass is 10.3. The highest BCUT2D eigenvalue weighted by Gasteiger charge is 2.30. The Kier molecular flexibility index (Phi) is 2.96. The maximum absolute atomic E-state index is 13.0. The molecule has 2 rings (SSSR count). The molecule has 0 aliphatic carbocycles. The number of halogens is 1. The molecule has 1 heterocycles. The molecule has 6 heteroatoms. The Bertz CT molecular complexity index is 489. The van der Waals surface area contributed by atoms with Crippen LogP contribution < -0.4 is 5.73 Å². The molecule has 16 heavy (non-hydrogen) atoms. The second kappa shape index (κ2) is 4.12. The standard InChI is InChI=1S/C10H13FN2O2S/c11-8-2-1-3-10(6-8)16(14,15)13-5-4-9(12)7-13/h1-3,6,9H,4-5,7,12H2/t9-/m1/s1. The molecule has 88 valence electrons. The van der Waals surface area contributed by atoms with Crippen LogP contribution in [-0.4, -0.2) is 31.9 Å². The summed E-state index contributed by atoms with van der Waals surface area (Å²) in [6, 6.07) is 4.90. The zero-order chi connectivity index (χ0) is 11.8. The van der Waals surface area contributed by atoms with Gasteiger partial charge in [0.1, 0.15) is 5.82 Å². The fraction of sp³-hybridized carbons (Fsp3) is 0.400. The predicted molar refractivity (Wildman–Crippen MR) is 57.8 cm³/mol. The van der Waals surface area contributed by atoms with Crippen molar-refractivity contribution < 1.29 is 12.8 Å². The highest BCUT2D eigenvalue weighted by molar-refractivity contribution is 7.89. The maximum Gasteiger partial charge on any atom is 0.243 e. The van der Waals surface area contributed by atoms with E-state index in [9.17, 15) is 12.8 Å². The average molecular weight is 244 g/mol. The summed E-state index contributed by atoms with van der Waals surface area (Å²) in [5.74, 6) is -0.551. The Balaban J connectivity index is 2.32. The van der Waals surface area contributed by atoms with E-state index in [1.165, 1.54) is 22.5 Å². The molecule has 4 nitrogen and oxygen atoms in total. The summed E-state index contributed by atoms with van der Waals surface area (Å²) in [6.07, 6.45) is 0.647. The van der Waals surface area contributed by atoms with E-state index in [1.54, 1.807) is 0 Å². The van der Waals surface area contributed by atoms with Crippen molar-refractivity contribution in [1.29, 1.82) is 0 Å². The molecular weight excluding hydrogens is 231 g/mol. The number of benzene rings is 1. The van der Waals surface area contributed by atoms with Crippen LogP contribution in [-0.2, 0) is 10.0 Å². The molecule has 0 radical (unpaired) electrons. The minimum atomic E-state index is -3.58. The second-order valence-corrected chi connectivity index (χ2v) is 5.81. The Morgan fingerprint density at radius 1 is 1.44 bits per heavy atom. The lowest BCUT2D eigenvalue weighted by Gasteiger charge is -2.15. The SMILES string of the molecule is N[C@@H]1CCN(S(=O)(=O)c2cccc(F)c2)C1. The minimum absolute atomic E-state index is 0.0124. The summed E-state index contributed by atoms with van der Waals surface area (Å²) in [7, 11) is -3.58. The average Bonchev–Trinajstić information content (AvgIpc) is 2.65. The fourth-order valence-corrected chi connectivity index (χ4v) is 3.29. The number of nitrogens with two attached hydrogens (primary N) is 1. The molecule has 2 N–H and O–H groups in total. The van der Waals surface area contributed by atoms with Crippen LogP contribution in [0.2, 0.25) is 0 Å². The molecule has 0 bridgehead atoms. The Hall–Kier alpha value is -0.980. The summed E-state index contributed by atoms with van der Waals surface area (Å²) in [6.45, 7) is 0.707. The van der Waals surface area contributed by atoms with Crippen LogP contribution in [0.25, 0.3) is 0 Å². The zero-order valence-corrected chi connectivity index (χ0v) is 9.45. The van der Waals surface area contributed by atoms with Crippen molar-refractivity contribution in [1.82, 2.24) is 4.31 Å². The molecular formula is C10H13FN2O2S. The van der Waals surface area contributed by atoms with E-state index in [1.807, 2.05) is 0 Å². The van der Waals surface area contributed by atoms with Crippen molar-refractivity contribution in [2.45, 2.75) is 17.4 Å². The monoisotopic (exact) mass is 244 g/mol. The van der Waals surface area contributed by atoms with Gasteiger partial charge in [-0.1, -0.05) is 6.07 Å². The molecule has 0 spiro atoms. The summed E-state index contributed by atoms with van der Waals surface area (Å²) in [4.78, 5) is -0.0124. The van der Waals surface area contributed by atoms with E-state index in [0.717, 1.165) is 6.07 Å². The lowest BCUT2D eigenvalue weighted by molar-refractivity contribution is 0.471. The van der Waals surface area contributed by atoms with Gasteiger partial charge in [0.25, 0.3) is 0 Å². The minimum Gasteiger partial charge on any atom is -0.326 e. The maximum atomic E-state index is 13.0. The molecule has 1 saturated heterocycles. The van der Waals surface area contributed by atoms with Crippen molar-refractivity contribution >= 4 is 10.0 Å². The molecule has 1 aliphatic heterocycles. The summed E-state index contributed by atoms with van der Waals surface area (Å²) in [5.41, 5.74) is 5.65. The van der Waals surface area contributed by atoms with Gasteiger partial charge in [0.2, 0.25) is 10.0 Å². The highest BCUT2D eigenvalue weighted by atomic mass is 32.2. The number of hydrogen-bond donors (Lipinski definition) is 1. The first kappa shape index (κ1) is 11.5.